The third kappa shape index (κ3) is 4.03. The van der Waals surface area contributed by atoms with Crippen LogP contribution in [0.2, 0.25) is 0 Å². The Hall–Kier alpha value is -1.23. The quantitative estimate of drug-likeness (QED) is 0.674. The molecule has 4 nitrogen and oxygen atoms in total. The van der Waals surface area contributed by atoms with Crippen LogP contribution in [0.15, 0.2) is 22.7 Å². The van der Waals surface area contributed by atoms with Gasteiger partial charge in [-0.1, -0.05) is 42.6 Å². The molecule has 3 rings (SSSR count). The second kappa shape index (κ2) is 8.20. The van der Waals surface area contributed by atoms with Gasteiger partial charge in [0.15, 0.2) is 0 Å². The fraction of sp³-hybridized carbons (Fsp3) is 0.667. The number of anilines is 1. The predicted octanol–water partition coefficient (Wildman–Crippen LogP) is 5.71. The lowest BCUT2D eigenvalue weighted by Gasteiger charge is -2.41. The summed E-state index contributed by atoms with van der Waals surface area (Å²) in [5.74, 6) is 0.617. The number of halogens is 1. The van der Waals surface area contributed by atoms with E-state index in [0.717, 1.165) is 17.6 Å². The minimum atomic E-state index is -0.802. The van der Waals surface area contributed by atoms with Crippen molar-refractivity contribution >= 4 is 27.7 Å². The largest absolute Gasteiger partial charge is 0.465 e. The Morgan fingerprint density at radius 1 is 1.15 bits per heavy atom. The zero-order chi connectivity index (χ0) is 18.7. The van der Waals surface area contributed by atoms with Crippen molar-refractivity contribution in [2.24, 2.45) is 5.41 Å². The van der Waals surface area contributed by atoms with Crippen molar-refractivity contribution in [3.63, 3.8) is 0 Å². The summed E-state index contributed by atoms with van der Waals surface area (Å²) in [5, 5.41) is 9.19. The number of hydrogen-bond acceptors (Lipinski definition) is 2. The van der Waals surface area contributed by atoms with E-state index in [4.69, 9.17) is 0 Å². The summed E-state index contributed by atoms with van der Waals surface area (Å²) < 4.78 is 1.14. The maximum absolute atomic E-state index is 11.2. The van der Waals surface area contributed by atoms with E-state index < -0.39 is 6.09 Å². The van der Waals surface area contributed by atoms with Crippen molar-refractivity contribution < 1.29 is 9.90 Å². The molecule has 2 fully saturated rings. The molecule has 0 spiro atoms. The highest BCUT2D eigenvalue weighted by Crippen LogP contribution is 2.48. The number of amides is 1. The third-order valence-electron chi connectivity index (χ3n) is 6.87. The molecule has 1 aliphatic carbocycles. The van der Waals surface area contributed by atoms with Crippen molar-refractivity contribution in [1.29, 1.82) is 0 Å². The summed E-state index contributed by atoms with van der Waals surface area (Å²) in [6, 6.07) is 6.64. The highest BCUT2D eigenvalue weighted by molar-refractivity contribution is 9.10. The van der Waals surface area contributed by atoms with Crippen LogP contribution in [0.5, 0.6) is 0 Å². The van der Waals surface area contributed by atoms with Gasteiger partial charge in [-0.15, -0.1) is 0 Å². The first-order valence-electron chi connectivity index (χ1n) is 10.0. The summed E-state index contributed by atoms with van der Waals surface area (Å²) in [7, 11) is 0. The first-order chi connectivity index (χ1) is 12.5. The molecular weight excluding hydrogens is 392 g/mol. The predicted molar refractivity (Wildman–Crippen MR) is 110 cm³/mol. The lowest BCUT2D eigenvalue weighted by molar-refractivity contribution is 0.142. The van der Waals surface area contributed by atoms with Gasteiger partial charge in [-0.25, -0.2) is 4.79 Å². The van der Waals surface area contributed by atoms with Crippen LogP contribution in [0, 0.1) is 5.41 Å². The standard InChI is InChI=1S/C21H31BrN2O2/c1-3-21(4-2)9-7-16(8-10-21)18-15-17(22)5-6-19(18)23-11-13-24(14-12-23)20(25)26/h5-6,15-16H,3-4,7-14H2,1-2H3,(H,25,26). The highest BCUT2D eigenvalue weighted by atomic mass is 79.9. The Kier molecular flexibility index (Phi) is 6.16. The summed E-state index contributed by atoms with van der Waals surface area (Å²) in [4.78, 5) is 15.1. The zero-order valence-electron chi connectivity index (χ0n) is 16.0. The molecule has 1 N–H and O–H groups in total. The van der Waals surface area contributed by atoms with Gasteiger partial charge in [0.1, 0.15) is 0 Å². The molecule has 1 saturated heterocycles. The molecule has 0 radical (unpaired) electrons. The van der Waals surface area contributed by atoms with Gasteiger partial charge in [0, 0.05) is 36.3 Å². The van der Waals surface area contributed by atoms with Crippen molar-refractivity contribution in [3.8, 4) is 0 Å². The molecule has 1 saturated carbocycles. The second-order valence-corrected chi connectivity index (χ2v) is 8.86. The van der Waals surface area contributed by atoms with Crippen LogP contribution < -0.4 is 4.90 Å². The molecule has 0 bridgehead atoms. The van der Waals surface area contributed by atoms with Crippen LogP contribution in [0.25, 0.3) is 0 Å². The van der Waals surface area contributed by atoms with E-state index in [1.807, 2.05) is 0 Å². The molecular formula is C21H31BrN2O2. The first-order valence-corrected chi connectivity index (χ1v) is 10.8. The SMILES string of the molecule is CCC1(CC)CCC(c2cc(Br)ccc2N2CCN(C(=O)O)CC2)CC1. The fourth-order valence-corrected chi connectivity index (χ4v) is 5.16. The summed E-state index contributed by atoms with van der Waals surface area (Å²) in [6.07, 6.45) is 6.95. The van der Waals surface area contributed by atoms with Crippen LogP contribution in [0.4, 0.5) is 10.5 Å². The maximum Gasteiger partial charge on any atom is 0.407 e. The fourth-order valence-electron chi connectivity index (χ4n) is 4.78. The lowest BCUT2D eigenvalue weighted by atomic mass is 9.66. The van der Waals surface area contributed by atoms with Gasteiger partial charge in [-0.2, -0.15) is 0 Å². The van der Waals surface area contributed by atoms with E-state index in [2.05, 4.69) is 52.9 Å². The van der Waals surface area contributed by atoms with Crippen LogP contribution in [0.1, 0.15) is 63.9 Å². The topological polar surface area (TPSA) is 43.8 Å². The van der Waals surface area contributed by atoms with E-state index >= 15 is 0 Å². The summed E-state index contributed by atoms with van der Waals surface area (Å²) in [5.41, 5.74) is 3.31. The van der Waals surface area contributed by atoms with Gasteiger partial charge in [-0.3, -0.25) is 0 Å². The molecule has 26 heavy (non-hydrogen) atoms. The van der Waals surface area contributed by atoms with E-state index in [0.29, 0.717) is 24.4 Å². The van der Waals surface area contributed by atoms with Crippen molar-refractivity contribution in [3.05, 3.63) is 28.2 Å². The minimum absolute atomic E-state index is 0.551. The molecule has 1 aromatic carbocycles. The van der Waals surface area contributed by atoms with Crippen LogP contribution in [0.3, 0.4) is 0 Å². The van der Waals surface area contributed by atoms with Gasteiger partial charge in [-0.05, 0) is 60.8 Å². The van der Waals surface area contributed by atoms with E-state index in [1.165, 1.54) is 54.7 Å². The van der Waals surface area contributed by atoms with Gasteiger partial charge in [0.05, 0.1) is 0 Å². The normalized spacial score (nSPS) is 21.0. The molecule has 0 unspecified atom stereocenters. The van der Waals surface area contributed by atoms with Crippen molar-refractivity contribution in [2.45, 2.75) is 58.3 Å². The second-order valence-electron chi connectivity index (χ2n) is 7.94. The average molecular weight is 423 g/mol. The molecule has 1 aromatic rings. The Labute approximate surface area is 165 Å². The smallest absolute Gasteiger partial charge is 0.407 e. The average Bonchev–Trinajstić information content (AvgIpc) is 2.68. The van der Waals surface area contributed by atoms with Crippen LogP contribution in [-0.4, -0.2) is 42.3 Å². The molecule has 1 aliphatic heterocycles. The molecule has 0 atom stereocenters. The van der Waals surface area contributed by atoms with Crippen LogP contribution >= 0.6 is 15.9 Å². The van der Waals surface area contributed by atoms with Crippen LogP contribution in [-0.2, 0) is 0 Å². The summed E-state index contributed by atoms with van der Waals surface area (Å²) in [6.45, 7) is 7.42. The molecule has 1 heterocycles. The number of hydrogen-bond donors (Lipinski definition) is 1. The minimum Gasteiger partial charge on any atom is -0.465 e. The monoisotopic (exact) mass is 422 g/mol. The number of nitrogens with zero attached hydrogens (tertiary/aromatic N) is 2. The molecule has 5 heteroatoms. The van der Waals surface area contributed by atoms with E-state index in [9.17, 15) is 9.90 Å². The van der Waals surface area contributed by atoms with Gasteiger partial charge in [0.25, 0.3) is 0 Å². The number of rotatable bonds is 4. The number of benzene rings is 1. The molecule has 2 aliphatic rings. The molecule has 144 valence electrons. The maximum atomic E-state index is 11.2. The van der Waals surface area contributed by atoms with Gasteiger partial charge in [0.2, 0.25) is 0 Å². The van der Waals surface area contributed by atoms with E-state index in [1.54, 1.807) is 0 Å². The van der Waals surface area contributed by atoms with Crippen molar-refractivity contribution in [2.75, 3.05) is 31.1 Å². The van der Waals surface area contributed by atoms with Gasteiger partial charge >= 0.3 is 6.09 Å². The lowest BCUT2D eigenvalue weighted by Crippen LogP contribution is -2.48. The third-order valence-corrected chi connectivity index (χ3v) is 7.36. The first kappa shape index (κ1) is 19.5. The molecule has 1 amide bonds. The number of piperazine rings is 1. The zero-order valence-corrected chi connectivity index (χ0v) is 17.6. The Bertz CT molecular complexity index is 627. The Morgan fingerprint density at radius 2 is 1.77 bits per heavy atom. The number of carbonyl (C=O) groups is 1. The highest BCUT2D eigenvalue weighted by Gasteiger charge is 2.34. The number of carboxylic acid groups (broad SMARTS) is 1. The van der Waals surface area contributed by atoms with E-state index in [-0.39, 0.29) is 0 Å². The Morgan fingerprint density at radius 3 is 2.31 bits per heavy atom. The van der Waals surface area contributed by atoms with Gasteiger partial charge < -0.3 is 14.9 Å². The van der Waals surface area contributed by atoms with Crippen molar-refractivity contribution in [1.82, 2.24) is 4.90 Å². The Balaban J connectivity index is 1.76. The molecule has 0 aromatic heterocycles. The summed E-state index contributed by atoms with van der Waals surface area (Å²) >= 11 is 3.66.